The number of halogens is 2. The number of aryl methyl sites for hydroxylation is 1. The monoisotopic (exact) mass is 485 g/mol. The molecule has 3 rings (SSSR count). The summed E-state index contributed by atoms with van der Waals surface area (Å²) in [5, 5.41) is 14.8. The Morgan fingerprint density at radius 3 is 2.61 bits per heavy atom. The van der Waals surface area contributed by atoms with Gasteiger partial charge < -0.3 is 10.1 Å². The fraction of sp³-hybridized carbons (Fsp3) is 0.316. The number of rotatable bonds is 6. The lowest BCUT2D eigenvalue weighted by Crippen LogP contribution is -2.22. The van der Waals surface area contributed by atoms with Crippen molar-refractivity contribution in [2.24, 2.45) is 4.99 Å². The minimum Gasteiger partial charge on any atom is -0.361 e. The quantitative estimate of drug-likeness (QED) is 0.325. The number of nitrogens with zero attached hydrogens (tertiary/aromatic N) is 3. The predicted molar refractivity (Wildman–Crippen MR) is 117 cm³/mol. The van der Waals surface area contributed by atoms with Gasteiger partial charge in [-0.2, -0.15) is 0 Å². The number of hydrogen-bond donors (Lipinski definition) is 1. The zero-order chi connectivity index (χ0) is 20.5. The number of benzene rings is 2. The molecule has 150 valence electrons. The van der Waals surface area contributed by atoms with Crippen LogP contribution in [-0.2, 0) is 0 Å². The molecule has 0 aliphatic carbocycles. The first-order valence-electron chi connectivity index (χ1n) is 8.60. The number of aliphatic imine (C=N–C) groups is 1. The average molecular weight is 487 g/mol. The molecule has 1 aliphatic heterocycles. The summed E-state index contributed by atoms with van der Waals surface area (Å²) < 4.78 is 1.16. The van der Waals surface area contributed by atoms with Crippen LogP contribution >= 0.6 is 39.3 Å². The molecule has 0 aromatic heterocycles. The Balaban J connectivity index is 0.000000640. The Hall–Kier alpha value is -1.77. The van der Waals surface area contributed by atoms with Crippen LogP contribution in [0.3, 0.4) is 0 Å². The zero-order valence-electron chi connectivity index (χ0n) is 15.3. The molecule has 0 fully saturated rings. The zero-order valence-corrected chi connectivity index (χ0v) is 18.5. The van der Waals surface area contributed by atoms with Crippen molar-refractivity contribution < 1.29 is 10.3 Å². The maximum absolute atomic E-state index is 8.36. The molecule has 0 bridgehead atoms. The first-order chi connectivity index (χ1) is 13.3. The summed E-state index contributed by atoms with van der Waals surface area (Å²) in [6.45, 7) is 5.12. The van der Waals surface area contributed by atoms with Crippen LogP contribution in [0.15, 0.2) is 56.8 Å². The van der Waals surface area contributed by atoms with E-state index in [-0.39, 0.29) is 0 Å². The van der Waals surface area contributed by atoms with E-state index in [0.29, 0.717) is 5.25 Å². The molecule has 0 saturated heterocycles. The van der Waals surface area contributed by atoms with Gasteiger partial charge in [0, 0.05) is 32.7 Å². The smallest absolute Gasteiger partial charge is 0.291 e. The van der Waals surface area contributed by atoms with Crippen LogP contribution in [-0.4, -0.2) is 41.2 Å². The Morgan fingerprint density at radius 2 is 2.04 bits per heavy atom. The van der Waals surface area contributed by atoms with Crippen molar-refractivity contribution >= 4 is 45.6 Å². The van der Waals surface area contributed by atoms with E-state index in [1.807, 2.05) is 30.2 Å². The van der Waals surface area contributed by atoms with E-state index in [1.165, 1.54) is 16.0 Å². The summed E-state index contributed by atoms with van der Waals surface area (Å²) in [6.07, 6.45) is 3.06. The van der Waals surface area contributed by atoms with Crippen LogP contribution in [0.25, 0.3) is 0 Å². The predicted octanol–water partition coefficient (Wildman–Crippen LogP) is 5.63. The van der Waals surface area contributed by atoms with Crippen LogP contribution < -0.4 is 0 Å². The van der Waals surface area contributed by atoms with Gasteiger partial charge in [-0.1, -0.05) is 39.7 Å². The molecule has 1 heterocycles. The summed E-state index contributed by atoms with van der Waals surface area (Å²) in [5.74, 6) is 0. The first kappa shape index (κ1) is 22.5. The Bertz CT molecular complexity index is 817. The second kappa shape index (κ2) is 11.3. The molecule has 6 nitrogen and oxygen atoms in total. The lowest BCUT2D eigenvalue weighted by atomic mass is 10.1. The fourth-order valence-corrected chi connectivity index (χ4v) is 4.30. The Labute approximate surface area is 181 Å². The van der Waals surface area contributed by atoms with E-state index in [0.717, 1.165) is 35.6 Å². The maximum atomic E-state index is 8.36. The van der Waals surface area contributed by atoms with Crippen molar-refractivity contribution in [2.75, 3.05) is 19.6 Å². The van der Waals surface area contributed by atoms with Crippen LogP contribution in [0, 0.1) is 17.0 Å². The molecule has 1 unspecified atom stereocenters. The fourth-order valence-electron chi connectivity index (χ4n) is 2.70. The van der Waals surface area contributed by atoms with E-state index in [9.17, 15) is 0 Å². The molecule has 0 radical (unpaired) electrons. The molecule has 2 aromatic rings. The Kier molecular flexibility index (Phi) is 9.08. The van der Waals surface area contributed by atoms with Crippen molar-refractivity contribution in [3.63, 3.8) is 0 Å². The molecule has 28 heavy (non-hydrogen) atoms. The second-order valence-electron chi connectivity index (χ2n) is 6.15. The summed E-state index contributed by atoms with van der Waals surface area (Å²) in [6, 6.07) is 14.8. The molecule has 9 heteroatoms. The SMILES string of the molecule is Cc1cc(SC(CCN2C=NCC2)c2ccc(Cl)cc2)ccc1Br.O=[N+]([O-])O. The summed E-state index contributed by atoms with van der Waals surface area (Å²) in [5.41, 5.74) is 2.59. The number of hydrogen-bond acceptors (Lipinski definition) is 5. The topological polar surface area (TPSA) is 79.0 Å². The average Bonchev–Trinajstić information content (AvgIpc) is 3.15. The highest BCUT2D eigenvalue weighted by Gasteiger charge is 2.16. The van der Waals surface area contributed by atoms with Crippen molar-refractivity contribution in [1.82, 2.24) is 4.90 Å². The van der Waals surface area contributed by atoms with Gasteiger partial charge in [-0.25, -0.2) is 0 Å². The third-order valence-electron chi connectivity index (χ3n) is 4.09. The van der Waals surface area contributed by atoms with Crippen LogP contribution in [0.1, 0.15) is 22.8 Å². The van der Waals surface area contributed by atoms with Crippen molar-refractivity contribution in [2.45, 2.75) is 23.5 Å². The second-order valence-corrected chi connectivity index (χ2v) is 8.72. The molecule has 0 saturated carbocycles. The normalized spacial score (nSPS) is 13.8. The molecular weight excluding hydrogens is 466 g/mol. The van der Waals surface area contributed by atoms with Crippen LogP contribution in [0.4, 0.5) is 0 Å². The van der Waals surface area contributed by atoms with E-state index < -0.39 is 5.09 Å². The minimum absolute atomic E-state index is 0.400. The highest BCUT2D eigenvalue weighted by Crippen LogP contribution is 2.39. The molecule has 1 aliphatic rings. The highest BCUT2D eigenvalue weighted by atomic mass is 79.9. The van der Waals surface area contributed by atoms with Crippen molar-refractivity contribution in [1.29, 1.82) is 0 Å². The van der Waals surface area contributed by atoms with E-state index in [1.54, 1.807) is 0 Å². The maximum Gasteiger partial charge on any atom is 0.291 e. The van der Waals surface area contributed by atoms with Gasteiger partial charge in [-0.05, 0) is 54.8 Å². The van der Waals surface area contributed by atoms with Crippen LogP contribution in [0.2, 0.25) is 5.02 Å². The summed E-state index contributed by atoms with van der Waals surface area (Å²) >= 11 is 11.6. The van der Waals surface area contributed by atoms with Gasteiger partial charge in [0.1, 0.15) is 0 Å². The molecule has 1 N–H and O–H groups in total. The summed E-state index contributed by atoms with van der Waals surface area (Å²) in [4.78, 5) is 16.3. The molecule has 0 amide bonds. The van der Waals surface area contributed by atoms with Crippen molar-refractivity contribution in [3.8, 4) is 0 Å². The largest absolute Gasteiger partial charge is 0.361 e. The highest BCUT2D eigenvalue weighted by molar-refractivity contribution is 9.10. The number of thioether (sulfide) groups is 1. The van der Waals surface area contributed by atoms with E-state index in [2.05, 4.69) is 63.1 Å². The minimum atomic E-state index is -1.50. The molecule has 2 aromatic carbocycles. The lowest BCUT2D eigenvalue weighted by molar-refractivity contribution is -0.742. The van der Waals surface area contributed by atoms with Gasteiger partial charge >= 0.3 is 0 Å². The van der Waals surface area contributed by atoms with Gasteiger partial charge in [0.15, 0.2) is 0 Å². The first-order valence-corrected chi connectivity index (χ1v) is 10.7. The summed E-state index contributed by atoms with van der Waals surface area (Å²) in [7, 11) is 0. The molecular formula is C19H21BrClN3O3S. The third-order valence-corrected chi connectivity index (χ3v) is 6.55. The van der Waals surface area contributed by atoms with Gasteiger partial charge in [0.05, 0.1) is 12.9 Å². The molecule has 0 spiro atoms. The van der Waals surface area contributed by atoms with E-state index >= 15 is 0 Å². The van der Waals surface area contributed by atoms with Gasteiger partial charge in [-0.3, -0.25) is 4.99 Å². The molecule has 1 atom stereocenters. The lowest BCUT2D eigenvalue weighted by Gasteiger charge is -2.21. The third kappa shape index (κ3) is 7.69. The van der Waals surface area contributed by atoms with Gasteiger partial charge in [-0.15, -0.1) is 21.9 Å². The van der Waals surface area contributed by atoms with Crippen LogP contribution in [0.5, 0.6) is 0 Å². The van der Waals surface area contributed by atoms with Gasteiger partial charge in [0.25, 0.3) is 5.09 Å². The van der Waals surface area contributed by atoms with Crippen molar-refractivity contribution in [3.05, 3.63) is 73.2 Å². The Morgan fingerprint density at radius 1 is 1.36 bits per heavy atom. The van der Waals surface area contributed by atoms with Gasteiger partial charge in [0.2, 0.25) is 0 Å². The standard InChI is InChI=1S/C19H20BrClN2S.HNO3/c1-14-12-17(6-7-18(14)20)24-19(8-10-23-11-9-22-13-23)15-2-4-16(21)5-3-15;2-1(3)4/h2-7,12-13,19H,8-11H2,1H3;(H,2,3,4). The van der Waals surface area contributed by atoms with E-state index in [4.69, 9.17) is 26.9 Å².